The summed E-state index contributed by atoms with van der Waals surface area (Å²) in [5.74, 6) is -1.01. The predicted octanol–water partition coefficient (Wildman–Crippen LogP) is 5.41. The molecular formula is C19H12ClF2N3O3. The van der Waals surface area contributed by atoms with Crippen molar-refractivity contribution < 1.29 is 22.7 Å². The Morgan fingerprint density at radius 2 is 1.89 bits per heavy atom. The number of para-hydroxylation sites is 1. The third-order valence-electron chi connectivity index (χ3n) is 3.68. The zero-order chi connectivity index (χ0) is 19.7. The Hall–Kier alpha value is -3.26. The number of rotatable bonds is 5. The molecule has 28 heavy (non-hydrogen) atoms. The number of aromatic nitrogens is 3. The largest absolute Gasteiger partial charge is 0.476 e. The summed E-state index contributed by atoms with van der Waals surface area (Å²) < 4.78 is 43.9. The Kier molecular flexibility index (Phi) is 4.79. The smallest absolute Gasteiger partial charge is 0.328 e. The summed E-state index contributed by atoms with van der Waals surface area (Å²) >= 11 is 6.11. The van der Waals surface area contributed by atoms with Crippen molar-refractivity contribution in [2.24, 2.45) is 0 Å². The van der Waals surface area contributed by atoms with E-state index in [4.69, 9.17) is 25.5 Å². The van der Waals surface area contributed by atoms with E-state index in [2.05, 4.69) is 15.0 Å². The molecule has 0 atom stereocenters. The summed E-state index contributed by atoms with van der Waals surface area (Å²) in [6, 6.07) is 9.44. The molecule has 0 radical (unpaired) electrons. The second-order valence-corrected chi connectivity index (χ2v) is 5.98. The van der Waals surface area contributed by atoms with E-state index in [1.54, 1.807) is 13.0 Å². The maximum Gasteiger partial charge on any atom is 0.328 e. The molecule has 2 aromatic carbocycles. The van der Waals surface area contributed by atoms with E-state index in [9.17, 15) is 8.78 Å². The molecule has 0 unspecified atom stereocenters. The Morgan fingerprint density at radius 3 is 2.68 bits per heavy atom. The highest BCUT2D eigenvalue weighted by Crippen LogP contribution is 2.34. The van der Waals surface area contributed by atoms with Gasteiger partial charge in [-0.3, -0.25) is 0 Å². The van der Waals surface area contributed by atoms with Crippen LogP contribution < -0.4 is 9.47 Å². The van der Waals surface area contributed by atoms with Gasteiger partial charge in [0, 0.05) is 0 Å². The first kappa shape index (κ1) is 18.1. The van der Waals surface area contributed by atoms with Gasteiger partial charge < -0.3 is 13.9 Å². The van der Waals surface area contributed by atoms with E-state index in [-0.39, 0.29) is 52.0 Å². The molecule has 4 rings (SSSR count). The predicted molar refractivity (Wildman–Crippen MR) is 97.6 cm³/mol. The average molecular weight is 404 g/mol. The lowest BCUT2D eigenvalue weighted by Crippen LogP contribution is -2.00. The second kappa shape index (κ2) is 7.40. The maximum absolute atomic E-state index is 13.8. The Morgan fingerprint density at radius 1 is 1.07 bits per heavy atom. The molecule has 9 heteroatoms. The standard InChI is InChI=1S/C19H12ClF2N3O3/c1-2-26-17-15-18(25-19(24-17)27-14-6-4-3-5-13(14)22)28-16(23-15)11-9-10(21)7-8-12(11)20/h3-9H,2H2,1H3. The second-order valence-electron chi connectivity index (χ2n) is 5.57. The minimum absolute atomic E-state index is 0.0279. The fourth-order valence-corrected chi connectivity index (χ4v) is 2.66. The number of ether oxygens (including phenoxy) is 2. The van der Waals surface area contributed by atoms with Gasteiger partial charge in [0.25, 0.3) is 11.6 Å². The van der Waals surface area contributed by atoms with Crippen molar-refractivity contribution in [1.82, 2.24) is 15.0 Å². The molecule has 0 bridgehead atoms. The molecule has 142 valence electrons. The Balaban J connectivity index is 1.82. The summed E-state index contributed by atoms with van der Waals surface area (Å²) in [5, 5.41) is 0.252. The summed E-state index contributed by atoms with van der Waals surface area (Å²) in [7, 11) is 0. The van der Waals surface area contributed by atoms with Crippen LogP contribution in [-0.4, -0.2) is 21.6 Å². The van der Waals surface area contributed by atoms with Gasteiger partial charge in [-0.1, -0.05) is 23.7 Å². The molecule has 0 aliphatic carbocycles. The highest BCUT2D eigenvalue weighted by Gasteiger charge is 2.20. The average Bonchev–Trinajstić information content (AvgIpc) is 3.10. The van der Waals surface area contributed by atoms with E-state index < -0.39 is 11.6 Å². The number of hydrogen-bond acceptors (Lipinski definition) is 6. The molecule has 0 aliphatic rings. The summed E-state index contributed by atoms with van der Waals surface area (Å²) in [6.45, 7) is 2.05. The summed E-state index contributed by atoms with van der Waals surface area (Å²) in [6.07, 6.45) is 0. The first-order valence-corrected chi connectivity index (χ1v) is 8.62. The van der Waals surface area contributed by atoms with Crippen LogP contribution in [-0.2, 0) is 0 Å². The number of halogens is 3. The number of oxazole rings is 1. The van der Waals surface area contributed by atoms with Gasteiger partial charge in [0.1, 0.15) is 5.82 Å². The third-order valence-corrected chi connectivity index (χ3v) is 4.01. The molecule has 0 saturated carbocycles. The maximum atomic E-state index is 13.8. The lowest BCUT2D eigenvalue weighted by molar-refractivity contribution is 0.320. The van der Waals surface area contributed by atoms with Crippen LogP contribution in [0, 0.1) is 11.6 Å². The van der Waals surface area contributed by atoms with E-state index in [1.165, 1.54) is 36.4 Å². The minimum atomic E-state index is -0.575. The van der Waals surface area contributed by atoms with Crippen LogP contribution in [0.4, 0.5) is 8.78 Å². The molecule has 0 spiro atoms. The first-order chi connectivity index (χ1) is 13.5. The van der Waals surface area contributed by atoms with Gasteiger partial charge in [-0.25, -0.2) is 13.8 Å². The summed E-state index contributed by atoms with van der Waals surface area (Å²) in [5.41, 5.74) is 0.483. The van der Waals surface area contributed by atoms with Crippen molar-refractivity contribution in [2.75, 3.05) is 6.61 Å². The Bertz CT molecular complexity index is 1170. The van der Waals surface area contributed by atoms with Gasteiger partial charge in [-0.2, -0.15) is 9.97 Å². The molecule has 0 aliphatic heterocycles. The van der Waals surface area contributed by atoms with Gasteiger partial charge >= 0.3 is 6.01 Å². The van der Waals surface area contributed by atoms with Gasteiger partial charge in [-0.05, 0) is 37.3 Å². The quantitative estimate of drug-likeness (QED) is 0.444. The van der Waals surface area contributed by atoms with Crippen molar-refractivity contribution in [3.05, 3.63) is 59.1 Å². The molecule has 0 saturated heterocycles. The molecule has 4 aromatic rings. The topological polar surface area (TPSA) is 70.3 Å². The van der Waals surface area contributed by atoms with Gasteiger partial charge in [0.2, 0.25) is 5.89 Å². The highest BCUT2D eigenvalue weighted by molar-refractivity contribution is 6.33. The fraction of sp³-hybridized carbons (Fsp3) is 0.105. The molecule has 0 N–H and O–H groups in total. The highest BCUT2D eigenvalue weighted by atomic mass is 35.5. The van der Waals surface area contributed by atoms with Crippen molar-refractivity contribution >= 4 is 22.8 Å². The van der Waals surface area contributed by atoms with Crippen LogP contribution in [0.2, 0.25) is 5.02 Å². The van der Waals surface area contributed by atoms with Crippen molar-refractivity contribution in [3.63, 3.8) is 0 Å². The number of nitrogens with zero attached hydrogens (tertiary/aromatic N) is 3. The third kappa shape index (κ3) is 3.46. The van der Waals surface area contributed by atoms with Crippen LogP contribution in [0.1, 0.15) is 6.92 Å². The molecular weight excluding hydrogens is 392 g/mol. The zero-order valence-corrected chi connectivity index (χ0v) is 15.2. The van der Waals surface area contributed by atoms with Crippen molar-refractivity contribution in [1.29, 1.82) is 0 Å². The van der Waals surface area contributed by atoms with Gasteiger partial charge in [0.15, 0.2) is 17.1 Å². The summed E-state index contributed by atoms with van der Waals surface area (Å²) in [4.78, 5) is 12.5. The molecule has 6 nitrogen and oxygen atoms in total. The van der Waals surface area contributed by atoms with Crippen LogP contribution in [0.15, 0.2) is 46.9 Å². The van der Waals surface area contributed by atoms with Crippen LogP contribution in [0.3, 0.4) is 0 Å². The molecule has 0 amide bonds. The van der Waals surface area contributed by atoms with Gasteiger partial charge in [0.05, 0.1) is 17.2 Å². The van der Waals surface area contributed by atoms with Crippen molar-refractivity contribution in [3.8, 4) is 29.1 Å². The molecule has 0 fully saturated rings. The number of fused-ring (bicyclic) bond motifs is 1. The van der Waals surface area contributed by atoms with Gasteiger partial charge in [-0.15, -0.1) is 0 Å². The van der Waals surface area contributed by atoms with E-state index in [0.29, 0.717) is 0 Å². The van der Waals surface area contributed by atoms with Crippen molar-refractivity contribution in [2.45, 2.75) is 6.92 Å². The van der Waals surface area contributed by atoms with E-state index >= 15 is 0 Å². The lowest BCUT2D eigenvalue weighted by atomic mass is 10.2. The van der Waals surface area contributed by atoms with E-state index in [1.807, 2.05) is 0 Å². The monoisotopic (exact) mass is 403 g/mol. The van der Waals surface area contributed by atoms with Crippen LogP contribution >= 0.6 is 11.6 Å². The van der Waals surface area contributed by atoms with E-state index in [0.717, 1.165) is 0 Å². The van der Waals surface area contributed by atoms with Crippen LogP contribution in [0.25, 0.3) is 22.7 Å². The number of hydrogen-bond donors (Lipinski definition) is 0. The Labute approximate surface area is 162 Å². The molecule has 2 heterocycles. The minimum Gasteiger partial charge on any atom is -0.476 e. The normalized spacial score (nSPS) is 11.0. The molecule has 2 aromatic heterocycles. The number of benzene rings is 2. The fourth-order valence-electron chi connectivity index (χ4n) is 2.46. The lowest BCUT2D eigenvalue weighted by Gasteiger charge is -2.06. The first-order valence-electron chi connectivity index (χ1n) is 8.24. The zero-order valence-electron chi connectivity index (χ0n) is 14.4. The van der Waals surface area contributed by atoms with Crippen LogP contribution in [0.5, 0.6) is 17.6 Å². The SMILES string of the molecule is CCOc1nc(Oc2ccccc2F)nc2oc(-c3cc(F)ccc3Cl)nc12.